The predicted molar refractivity (Wildman–Crippen MR) is 110 cm³/mol. The quantitative estimate of drug-likeness (QED) is 0.457. The standard InChI is InChI=1S/C25H27N2O2.ClH/c1-19-12-13-23-26(17-19)14-15-27(23)18-22-16-25(24(28)29-22,20-8-4-2-5-9-20)21-10-6-3-7-11-21;/h2-11,14-15,19,22H,12-13,16-18H2,1H3;1H/q+1;/p-1. The molecule has 1 saturated heterocycles. The molecule has 3 heterocycles. The number of esters is 1. The summed E-state index contributed by atoms with van der Waals surface area (Å²) in [6.07, 6.45) is 7.13. The molecule has 1 fully saturated rings. The van der Waals surface area contributed by atoms with Crippen molar-refractivity contribution in [3.63, 3.8) is 0 Å². The number of rotatable bonds is 4. The maximum Gasteiger partial charge on any atom is 0.321 e. The first-order chi connectivity index (χ1) is 14.2. The summed E-state index contributed by atoms with van der Waals surface area (Å²) in [6.45, 7) is 4.09. The van der Waals surface area contributed by atoms with Gasteiger partial charge in [-0.1, -0.05) is 67.6 Å². The van der Waals surface area contributed by atoms with Crippen molar-refractivity contribution in [2.24, 2.45) is 5.92 Å². The minimum Gasteiger partial charge on any atom is -1.00 e. The van der Waals surface area contributed by atoms with Crippen LogP contribution in [0.1, 0.15) is 36.7 Å². The Hall–Kier alpha value is -2.59. The van der Waals surface area contributed by atoms with E-state index in [0.29, 0.717) is 13.0 Å². The highest BCUT2D eigenvalue weighted by Crippen LogP contribution is 2.43. The summed E-state index contributed by atoms with van der Waals surface area (Å²) in [6, 6.07) is 20.2. The molecule has 5 heteroatoms. The van der Waals surface area contributed by atoms with E-state index in [1.165, 1.54) is 12.2 Å². The van der Waals surface area contributed by atoms with Crippen molar-refractivity contribution in [3.8, 4) is 0 Å². The smallest absolute Gasteiger partial charge is 0.321 e. The van der Waals surface area contributed by atoms with E-state index >= 15 is 0 Å². The Morgan fingerprint density at radius 2 is 1.70 bits per heavy atom. The number of aromatic nitrogens is 2. The van der Waals surface area contributed by atoms with Gasteiger partial charge in [0.25, 0.3) is 5.82 Å². The number of ether oxygens (including phenoxy) is 1. The first-order valence-electron chi connectivity index (χ1n) is 10.6. The van der Waals surface area contributed by atoms with Crippen molar-refractivity contribution in [3.05, 3.63) is 90.0 Å². The Labute approximate surface area is 183 Å². The fourth-order valence-electron chi connectivity index (χ4n) is 5.04. The molecule has 156 valence electrons. The number of benzene rings is 2. The van der Waals surface area contributed by atoms with Crippen molar-refractivity contribution >= 4 is 5.97 Å². The topological polar surface area (TPSA) is 35.1 Å². The third-order valence-corrected chi connectivity index (χ3v) is 6.55. The van der Waals surface area contributed by atoms with E-state index in [1.54, 1.807) is 0 Å². The van der Waals surface area contributed by atoms with Gasteiger partial charge in [-0.25, -0.2) is 9.13 Å². The zero-order chi connectivity index (χ0) is 19.8. The Balaban J connectivity index is 0.00000218. The van der Waals surface area contributed by atoms with Crippen molar-refractivity contribution in [1.29, 1.82) is 0 Å². The average Bonchev–Trinajstić information content (AvgIpc) is 3.30. The van der Waals surface area contributed by atoms with Gasteiger partial charge in [-0.3, -0.25) is 4.79 Å². The molecule has 0 radical (unpaired) electrons. The van der Waals surface area contributed by atoms with Crippen LogP contribution in [-0.4, -0.2) is 16.6 Å². The van der Waals surface area contributed by atoms with Gasteiger partial charge >= 0.3 is 5.97 Å². The van der Waals surface area contributed by atoms with Crippen molar-refractivity contribution in [2.45, 2.75) is 50.8 Å². The monoisotopic (exact) mass is 422 g/mol. The van der Waals surface area contributed by atoms with Gasteiger partial charge in [0.15, 0.2) is 0 Å². The van der Waals surface area contributed by atoms with Crippen molar-refractivity contribution in [2.75, 3.05) is 0 Å². The number of fused-ring (bicyclic) bond motifs is 1. The second-order valence-corrected chi connectivity index (χ2v) is 8.53. The number of carbonyl (C=O) groups is 1. The molecular formula is C25H27ClN2O2. The van der Waals surface area contributed by atoms with Crippen molar-refractivity contribution in [1.82, 2.24) is 4.57 Å². The van der Waals surface area contributed by atoms with Crippen LogP contribution < -0.4 is 17.0 Å². The van der Waals surface area contributed by atoms with Gasteiger partial charge < -0.3 is 17.1 Å². The van der Waals surface area contributed by atoms with E-state index in [4.69, 9.17) is 4.74 Å². The van der Waals surface area contributed by atoms with Gasteiger partial charge in [-0.15, -0.1) is 0 Å². The second kappa shape index (κ2) is 8.27. The Bertz CT molecular complexity index is 977. The zero-order valence-corrected chi connectivity index (χ0v) is 18.0. The van der Waals surface area contributed by atoms with Crippen LogP contribution in [0.15, 0.2) is 73.1 Å². The molecule has 0 saturated carbocycles. The summed E-state index contributed by atoms with van der Waals surface area (Å²) in [5, 5.41) is 0. The number of hydrogen-bond acceptors (Lipinski definition) is 2. The third kappa shape index (κ3) is 3.43. The summed E-state index contributed by atoms with van der Waals surface area (Å²) in [5.74, 6) is 1.93. The highest BCUT2D eigenvalue weighted by molar-refractivity contribution is 5.89. The number of imidazole rings is 1. The molecule has 2 atom stereocenters. The SMILES string of the molecule is CC1CCc2n(CC3CC(c4ccccc4)(c4ccccc4)C(=O)O3)cc[n+]2C1.[Cl-]. The molecule has 0 aliphatic carbocycles. The first-order valence-corrected chi connectivity index (χ1v) is 10.6. The minimum atomic E-state index is -0.734. The first kappa shape index (κ1) is 20.7. The molecule has 4 nitrogen and oxygen atoms in total. The minimum absolute atomic E-state index is 0. The van der Waals surface area contributed by atoms with Crippen LogP contribution >= 0.6 is 0 Å². The molecular weight excluding hydrogens is 396 g/mol. The van der Waals surface area contributed by atoms with E-state index in [2.05, 4.69) is 28.5 Å². The molecule has 2 aliphatic rings. The lowest BCUT2D eigenvalue weighted by Crippen LogP contribution is -3.00. The summed E-state index contributed by atoms with van der Waals surface area (Å²) in [7, 11) is 0. The molecule has 1 aromatic heterocycles. The highest BCUT2D eigenvalue weighted by Gasteiger charge is 2.52. The van der Waals surface area contributed by atoms with Crippen LogP contribution in [0.2, 0.25) is 0 Å². The Morgan fingerprint density at radius 1 is 1.07 bits per heavy atom. The fourth-order valence-corrected chi connectivity index (χ4v) is 5.04. The van der Waals surface area contributed by atoms with Gasteiger partial charge in [-0.05, 0) is 23.5 Å². The molecule has 3 aromatic rings. The van der Waals surface area contributed by atoms with E-state index in [1.807, 2.05) is 60.7 Å². The molecule has 0 bridgehead atoms. The van der Waals surface area contributed by atoms with Gasteiger partial charge in [0.05, 0.1) is 6.54 Å². The van der Waals surface area contributed by atoms with Crippen LogP contribution in [0, 0.1) is 5.92 Å². The lowest BCUT2D eigenvalue weighted by molar-refractivity contribution is -0.715. The molecule has 2 aromatic carbocycles. The number of halogens is 1. The average molecular weight is 423 g/mol. The van der Waals surface area contributed by atoms with E-state index < -0.39 is 5.41 Å². The summed E-state index contributed by atoms with van der Waals surface area (Å²) in [5.41, 5.74) is 1.29. The zero-order valence-electron chi connectivity index (χ0n) is 17.2. The maximum atomic E-state index is 13.3. The van der Waals surface area contributed by atoms with E-state index in [9.17, 15) is 4.79 Å². The number of carbonyl (C=O) groups excluding carboxylic acids is 1. The Kier molecular flexibility index (Phi) is 5.70. The largest absolute Gasteiger partial charge is 1.00 e. The van der Waals surface area contributed by atoms with Crippen molar-refractivity contribution < 1.29 is 26.5 Å². The number of cyclic esters (lactones) is 1. The third-order valence-electron chi connectivity index (χ3n) is 6.55. The number of hydrogen-bond donors (Lipinski definition) is 0. The maximum absolute atomic E-state index is 13.3. The summed E-state index contributed by atoms with van der Waals surface area (Å²) >= 11 is 0. The number of nitrogens with zero attached hydrogens (tertiary/aromatic N) is 2. The van der Waals surface area contributed by atoms with Gasteiger partial charge in [0.2, 0.25) is 0 Å². The highest BCUT2D eigenvalue weighted by atomic mass is 35.5. The lowest BCUT2D eigenvalue weighted by Gasteiger charge is -2.26. The fraction of sp³-hybridized carbons (Fsp3) is 0.360. The van der Waals surface area contributed by atoms with E-state index in [0.717, 1.165) is 30.0 Å². The summed E-state index contributed by atoms with van der Waals surface area (Å²) < 4.78 is 10.6. The van der Waals surface area contributed by atoms with Gasteiger partial charge in [0, 0.05) is 12.8 Å². The van der Waals surface area contributed by atoms with Crippen LogP contribution in [0.3, 0.4) is 0 Å². The van der Waals surface area contributed by atoms with E-state index in [-0.39, 0.29) is 24.5 Å². The van der Waals surface area contributed by atoms with Gasteiger partial charge in [-0.2, -0.15) is 0 Å². The molecule has 5 rings (SSSR count). The normalized spacial score (nSPS) is 22.1. The van der Waals surface area contributed by atoms with Crippen LogP contribution in [0.5, 0.6) is 0 Å². The molecule has 0 amide bonds. The van der Waals surface area contributed by atoms with Crippen LogP contribution in [0.25, 0.3) is 0 Å². The summed E-state index contributed by atoms with van der Waals surface area (Å²) in [4.78, 5) is 13.3. The van der Waals surface area contributed by atoms with Crippen LogP contribution in [0.4, 0.5) is 0 Å². The molecule has 0 spiro atoms. The predicted octanol–water partition coefficient (Wildman–Crippen LogP) is 0.664. The molecule has 2 unspecified atom stereocenters. The van der Waals surface area contributed by atoms with Gasteiger partial charge in [0.1, 0.15) is 30.5 Å². The molecule has 2 aliphatic heterocycles. The van der Waals surface area contributed by atoms with Crippen LogP contribution in [-0.2, 0) is 34.5 Å². The molecule has 30 heavy (non-hydrogen) atoms. The Morgan fingerprint density at radius 3 is 2.33 bits per heavy atom. The lowest BCUT2D eigenvalue weighted by atomic mass is 9.72. The molecule has 0 N–H and O–H groups in total. The second-order valence-electron chi connectivity index (χ2n) is 8.53.